The van der Waals surface area contributed by atoms with Gasteiger partial charge in [-0.15, -0.1) is 11.3 Å². The summed E-state index contributed by atoms with van der Waals surface area (Å²) in [6.45, 7) is 7.11. The minimum Gasteiger partial charge on any atom is -0.349 e. The van der Waals surface area contributed by atoms with E-state index in [1.807, 2.05) is 32.4 Å². The minimum atomic E-state index is -3.60. The van der Waals surface area contributed by atoms with Gasteiger partial charge in [-0.3, -0.25) is 4.72 Å². The zero-order chi connectivity index (χ0) is 15.6. The van der Waals surface area contributed by atoms with E-state index in [0.717, 1.165) is 22.8 Å². The second-order valence-electron chi connectivity index (χ2n) is 4.75. The molecule has 0 saturated heterocycles. The van der Waals surface area contributed by atoms with Crippen molar-refractivity contribution in [3.05, 3.63) is 28.5 Å². The lowest BCUT2D eigenvalue weighted by Gasteiger charge is -2.03. The van der Waals surface area contributed by atoms with E-state index in [9.17, 15) is 8.42 Å². The van der Waals surface area contributed by atoms with Gasteiger partial charge in [-0.1, -0.05) is 0 Å². The predicted octanol–water partition coefficient (Wildman–Crippen LogP) is 2.10. The molecule has 2 N–H and O–H groups in total. The second kappa shape index (κ2) is 6.17. The molecular formula is C13H20N4O2S2. The normalized spacial score (nSPS) is 11.8. The fourth-order valence-corrected chi connectivity index (χ4v) is 4.10. The van der Waals surface area contributed by atoms with Gasteiger partial charge < -0.3 is 9.88 Å². The van der Waals surface area contributed by atoms with Gasteiger partial charge in [-0.25, -0.2) is 13.4 Å². The lowest BCUT2D eigenvalue weighted by atomic mass is 10.4. The Morgan fingerprint density at radius 3 is 2.62 bits per heavy atom. The molecule has 0 saturated carbocycles. The van der Waals surface area contributed by atoms with Crippen molar-refractivity contribution >= 4 is 26.5 Å². The molecule has 116 valence electrons. The van der Waals surface area contributed by atoms with E-state index >= 15 is 0 Å². The van der Waals surface area contributed by atoms with Crippen molar-refractivity contribution < 1.29 is 8.42 Å². The first-order valence-corrected chi connectivity index (χ1v) is 8.97. The van der Waals surface area contributed by atoms with Crippen molar-refractivity contribution in [2.24, 2.45) is 0 Å². The lowest BCUT2D eigenvalue weighted by Crippen LogP contribution is -2.12. The average Bonchev–Trinajstić information content (AvgIpc) is 2.94. The Bertz CT molecular complexity index is 712. The van der Waals surface area contributed by atoms with Crippen molar-refractivity contribution in [3.8, 4) is 0 Å². The molecule has 0 aliphatic rings. The van der Waals surface area contributed by atoms with Crippen LogP contribution in [0.4, 0.5) is 5.13 Å². The van der Waals surface area contributed by atoms with Crippen LogP contribution in [0.5, 0.6) is 0 Å². The highest BCUT2D eigenvalue weighted by Crippen LogP contribution is 2.24. The summed E-state index contributed by atoms with van der Waals surface area (Å²) >= 11 is 1.34. The summed E-state index contributed by atoms with van der Waals surface area (Å²) in [6.07, 6.45) is 1.66. The third-order valence-electron chi connectivity index (χ3n) is 3.22. The van der Waals surface area contributed by atoms with Crippen LogP contribution in [0, 0.1) is 13.8 Å². The third-order valence-corrected chi connectivity index (χ3v) is 5.64. The molecule has 21 heavy (non-hydrogen) atoms. The van der Waals surface area contributed by atoms with Gasteiger partial charge in [0.25, 0.3) is 10.0 Å². The summed E-state index contributed by atoms with van der Waals surface area (Å²) in [5.41, 5.74) is 1.78. The van der Waals surface area contributed by atoms with E-state index in [2.05, 4.69) is 15.0 Å². The molecule has 0 fully saturated rings. The summed E-state index contributed by atoms with van der Waals surface area (Å²) in [6, 6.07) is 1.69. The van der Waals surface area contributed by atoms with Gasteiger partial charge in [0.15, 0.2) is 5.13 Å². The SMILES string of the molecule is CCn1cc(S(=O)(=O)Nc2nc(C)c(C)s2)cc1CNC. The minimum absolute atomic E-state index is 0.264. The van der Waals surface area contributed by atoms with Gasteiger partial charge in [-0.05, 0) is 33.9 Å². The topological polar surface area (TPSA) is 76.0 Å². The summed E-state index contributed by atoms with van der Waals surface area (Å²) in [5, 5.41) is 3.44. The number of rotatable bonds is 6. The van der Waals surface area contributed by atoms with E-state index in [4.69, 9.17) is 0 Å². The number of hydrogen-bond donors (Lipinski definition) is 2. The second-order valence-corrected chi connectivity index (χ2v) is 7.64. The van der Waals surface area contributed by atoms with Gasteiger partial charge >= 0.3 is 0 Å². The Balaban J connectivity index is 2.30. The number of nitrogens with one attached hydrogen (secondary N) is 2. The first-order chi connectivity index (χ1) is 9.87. The van der Waals surface area contributed by atoms with Crippen molar-refractivity contribution in [2.75, 3.05) is 11.8 Å². The highest BCUT2D eigenvalue weighted by molar-refractivity contribution is 7.93. The highest BCUT2D eigenvalue weighted by atomic mass is 32.2. The molecule has 2 heterocycles. The van der Waals surface area contributed by atoms with Gasteiger partial charge in [-0.2, -0.15) is 0 Å². The zero-order valence-corrected chi connectivity index (χ0v) is 14.2. The number of thiazole rings is 1. The van der Waals surface area contributed by atoms with Crippen molar-refractivity contribution in [1.82, 2.24) is 14.9 Å². The van der Waals surface area contributed by atoms with Crippen LogP contribution in [0.15, 0.2) is 17.2 Å². The number of aromatic nitrogens is 2. The molecule has 0 aliphatic carbocycles. The molecule has 8 heteroatoms. The molecular weight excluding hydrogens is 308 g/mol. The van der Waals surface area contributed by atoms with Crippen LogP contribution in [0.25, 0.3) is 0 Å². The highest BCUT2D eigenvalue weighted by Gasteiger charge is 2.20. The Morgan fingerprint density at radius 2 is 2.10 bits per heavy atom. The van der Waals surface area contributed by atoms with E-state index in [1.165, 1.54) is 11.3 Å². The molecule has 0 spiro atoms. The summed E-state index contributed by atoms with van der Waals surface area (Å²) < 4.78 is 29.3. The average molecular weight is 328 g/mol. The maximum Gasteiger partial charge on any atom is 0.265 e. The fourth-order valence-electron chi connectivity index (χ4n) is 1.99. The summed E-state index contributed by atoms with van der Waals surface area (Å²) in [4.78, 5) is 5.49. The number of aryl methyl sites for hydroxylation is 3. The predicted molar refractivity (Wildman–Crippen MR) is 85.3 cm³/mol. The summed E-state index contributed by atoms with van der Waals surface area (Å²) in [7, 11) is -1.76. The van der Waals surface area contributed by atoms with E-state index in [-0.39, 0.29) is 4.90 Å². The molecule has 0 aromatic carbocycles. The van der Waals surface area contributed by atoms with Crippen LogP contribution < -0.4 is 10.0 Å². The standard InChI is InChI=1S/C13H20N4O2S2/c1-5-17-8-12(6-11(17)7-14-4)21(18,19)16-13-15-9(2)10(3)20-13/h6,8,14H,5,7H2,1-4H3,(H,15,16). The monoisotopic (exact) mass is 328 g/mol. The van der Waals surface area contributed by atoms with Gasteiger partial charge in [0.2, 0.25) is 0 Å². The molecule has 0 aliphatic heterocycles. The van der Waals surface area contributed by atoms with Crippen LogP contribution in [0.2, 0.25) is 0 Å². The third kappa shape index (κ3) is 3.45. The van der Waals surface area contributed by atoms with Gasteiger partial charge in [0.05, 0.1) is 5.69 Å². The van der Waals surface area contributed by atoms with Crippen LogP contribution in [-0.4, -0.2) is 25.0 Å². The van der Waals surface area contributed by atoms with E-state index < -0.39 is 10.0 Å². The van der Waals surface area contributed by atoms with Crippen LogP contribution in [0.3, 0.4) is 0 Å². The lowest BCUT2D eigenvalue weighted by molar-refractivity contribution is 0.600. The molecule has 2 aromatic heterocycles. The molecule has 2 aromatic rings. The van der Waals surface area contributed by atoms with E-state index in [1.54, 1.807) is 12.3 Å². The Kier molecular flexibility index (Phi) is 4.70. The molecule has 0 radical (unpaired) electrons. The largest absolute Gasteiger partial charge is 0.349 e. The maximum absolute atomic E-state index is 12.4. The maximum atomic E-state index is 12.4. The molecule has 0 unspecified atom stereocenters. The fraction of sp³-hybridized carbons (Fsp3) is 0.462. The zero-order valence-electron chi connectivity index (χ0n) is 12.6. The van der Waals surface area contributed by atoms with Gasteiger partial charge in [0, 0.05) is 29.9 Å². The van der Waals surface area contributed by atoms with Crippen molar-refractivity contribution in [1.29, 1.82) is 0 Å². The molecule has 6 nitrogen and oxygen atoms in total. The number of sulfonamides is 1. The molecule has 0 bridgehead atoms. The van der Waals surface area contributed by atoms with Crippen molar-refractivity contribution in [2.45, 2.75) is 38.8 Å². The van der Waals surface area contributed by atoms with Crippen LogP contribution >= 0.6 is 11.3 Å². The Labute approximate surface area is 129 Å². The number of hydrogen-bond acceptors (Lipinski definition) is 5. The van der Waals surface area contributed by atoms with Crippen LogP contribution in [-0.2, 0) is 23.1 Å². The molecule has 0 amide bonds. The smallest absolute Gasteiger partial charge is 0.265 e. The van der Waals surface area contributed by atoms with Crippen molar-refractivity contribution in [3.63, 3.8) is 0 Å². The first-order valence-electron chi connectivity index (χ1n) is 6.68. The Morgan fingerprint density at radius 1 is 1.38 bits per heavy atom. The quantitative estimate of drug-likeness (QED) is 0.851. The van der Waals surface area contributed by atoms with Gasteiger partial charge in [0.1, 0.15) is 4.90 Å². The van der Waals surface area contributed by atoms with Crippen LogP contribution in [0.1, 0.15) is 23.2 Å². The van der Waals surface area contributed by atoms with E-state index in [0.29, 0.717) is 11.7 Å². The Hall–Kier alpha value is -1.38. The molecule has 0 atom stereocenters. The summed E-state index contributed by atoms with van der Waals surface area (Å²) in [5.74, 6) is 0. The number of anilines is 1. The number of nitrogens with zero attached hydrogens (tertiary/aromatic N) is 2. The first kappa shape index (κ1) is 16.0. The molecule has 2 rings (SSSR count).